The first-order valence-electron chi connectivity index (χ1n) is 8.84. The first-order chi connectivity index (χ1) is 12.6. The highest BCUT2D eigenvalue weighted by molar-refractivity contribution is 9.10. The Bertz CT molecular complexity index is 733. The molecule has 0 atom stereocenters. The summed E-state index contributed by atoms with van der Waals surface area (Å²) in [5, 5.41) is 3.44. The Kier molecular flexibility index (Phi) is 7.08. The van der Waals surface area contributed by atoms with Crippen molar-refractivity contribution >= 4 is 33.4 Å². The normalized spacial score (nSPS) is 15.8. The van der Waals surface area contributed by atoms with Crippen molar-refractivity contribution < 1.29 is 4.79 Å². The van der Waals surface area contributed by atoms with Crippen LogP contribution in [0.15, 0.2) is 53.0 Å². The Balaban J connectivity index is 1.39. The van der Waals surface area contributed by atoms with Crippen molar-refractivity contribution in [2.45, 2.75) is 6.54 Å². The van der Waals surface area contributed by atoms with Crippen LogP contribution in [0.4, 0.5) is 0 Å². The first-order valence-corrected chi connectivity index (χ1v) is 10.0. The SMILES string of the molecule is O=C(NCCN1CCN(Cc2ccccc2)CC1)c1cc(Br)ccc1Cl. The molecule has 6 heteroatoms. The largest absolute Gasteiger partial charge is 0.351 e. The van der Waals surface area contributed by atoms with Crippen molar-refractivity contribution in [3.05, 3.63) is 69.2 Å². The number of rotatable bonds is 6. The summed E-state index contributed by atoms with van der Waals surface area (Å²) in [6, 6.07) is 15.9. The molecule has 1 aliphatic heterocycles. The van der Waals surface area contributed by atoms with Gasteiger partial charge in [-0.3, -0.25) is 14.6 Å². The Morgan fingerprint density at radius 3 is 2.46 bits per heavy atom. The van der Waals surface area contributed by atoms with Gasteiger partial charge in [0.2, 0.25) is 0 Å². The summed E-state index contributed by atoms with van der Waals surface area (Å²) in [6.07, 6.45) is 0. The number of halogens is 2. The average Bonchev–Trinajstić information content (AvgIpc) is 2.66. The van der Waals surface area contributed by atoms with Crippen molar-refractivity contribution in [1.82, 2.24) is 15.1 Å². The molecule has 0 unspecified atom stereocenters. The van der Waals surface area contributed by atoms with Crippen LogP contribution in [0, 0.1) is 0 Å². The van der Waals surface area contributed by atoms with E-state index in [1.54, 1.807) is 12.1 Å². The predicted octanol–water partition coefficient (Wildman–Crippen LogP) is 3.65. The van der Waals surface area contributed by atoms with E-state index in [-0.39, 0.29) is 5.91 Å². The molecule has 1 aliphatic rings. The number of nitrogens with zero attached hydrogens (tertiary/aromatic N) is 2. The van der Waals surface area contributed by atoms with E-state index in [4.69, 9.17) is 11.6 Å². The van der Waals surface area contributed by atoms with Crippen LogP contribution < -0.4 is 5.32 Å². The lowest BCUT2D eigenvalue weighted by Crippen LogP contribution is -2.48. The number of piperazine rings is 1. The van der Waals surface area contributed by atoms with Crippen LogP contribution in [0.5, 0.6) is 0 Å². The monoisotopic (exact) mass is 435 g/mol. The molecule has 2 aromatic rings. The van der Waals surface area contributed by atoms with E-state index in [2.05, 4.69) is 61.4 Å². The van der Waals surface area contributed by atoms with Crippen LogP contribution in [0.3, 0.4) is 0 Å². The minimum Gasteiger partial charge on any atom is -0.351 e. The smallest absolute Gasteiger partial charge is 0.252 e. The molecule has 3 rings (SSSR count). The topological polar surface area (TPSA) is 35.6 Å². The summed E-state index contributed by atoms with van der Waals surface area (Å²) in [7, 11) is 0. The molecule has 1 N–H and O–H groups in total. The lowest BCUT2D eigenvalue weighted by atomic mass is 10.2. The summed E-state index contributed by atoms with van der Waals surface area (Å²) in [5.74, 6) is -0.126. The number of carbonyl (C=O) groups excluding carboxylic acids is 1. The predicted molar refractivity (Wildman–Crippen MR) is 110 cm³/mol. The summed E-state index contributed by atoms with van der Waals surface area (Å²) < 4.78 is 0.849. The van der Waals surface area contributed by atoms with Gasteiger partial charge in [0, 0.05) is 50.3 Å². The van der Waals surface area contributed by atoms with Crippen molar-refractivity contribution in [2.75, 3.05) is 39.3 Å². The Morgan fingerprint density at radius 2 is 1.73 bits per heavy atom. The molecule has 0 bridgehead atoms. The van der Waals surface area contributed by atoms with Crippen molar-refractivity contribution in [3.63, 3.8) is 0 Å². The van der Waals surface area contributed by atoms with Gasteiger partial charge in [0.25, 0.3) is 5.91 Å². The van der Waals surface area contributed by atoms with E-state index in [1.165, 1.54) is 5.56 Å². The molecule has 1 amide bonds. The fourth-order valence-electron chi connectivity index (χ4n) is 3.11. The summed E-state index contributed by atoms with van der Waals surface area (Å²) in [6.45, 7) is 6.66. The van der Waals surface area contributed by atoms with Gasteiger partial charge in [-0.1, -0.05) is 57.9 Å². The first kappa shape index (κ1) is 19.4. The zero-order valence-corrected chi connectivity index (χ0v) is 17.0. The third kappa shape index (κ3) is 5.55. The zero-order chi connectivity index (χ0) is 18.4. The Morgan fingerprint density at radius 1 is 1.04 bits per heavy atom. The van der Waals surface area contributed by atoms with Gasteiger partial charge in [-0.05, 0) is 23.8 Å². The fourth-order valence-corrected chi connectivity index (χ4v) is 3.67. The van der Waals surface area contributed by atoms with E-state index < -0.39 is 0 Å². The molecular formula is C20H23BrClN3O. The minimum atomic E-state index is -0.126. The van der Waals surface area contributed by atoms with Gasteiger partial charge in [0.15, 0.2) is 0 Å². The average molecular weight is 437 g/mol. The van der Waals surface area contributed by atoms with Crippen molar-refractivity contribution in [3.8, 4) is 0 Å². The molecule has 1 saturated heterocycles. The second-order valence-corrected chi connectivity index (χ2v) is 7.81. The number of nitrogens with one attached hydrogen (secondary N) is 1. The van der Waals surface area contributed by atoms with Crippen LogP contribution >= 0.6 is 27.5 Å². The van der Waals surface area contributed by atoms with E-state index in [1.807, 2.05) is 6.07 Å². The lowest BCUT2D eigenvalue weighted by Gasteiger charge is -2.34. The molecule has 0 spiro atoms. The second kappa shape index (κ2) is 9.51. The summed E-state index contributed by atoms with van der Waals surface area (Å²) in [4.78, 5) is 17.1. The Labute approximate surface area is 168 Å². The summed E-state index contributed by atoms with van der Waals surface area (Å²) >= 11 is 9.48. The van der Waals surface area contributed by atoms with Crippen molar-refractivity contribution in [1.29, 1.82) is 0 Å². The maximum Gasteiger partial charge on any atom is 0.252 e. The maximum atomic E-state index is 12.3. The third-order valence-corrected chi connectivity index (χ3v) is 5.42. The van der Waals surface area contributed by atoms with Crippen LogP contribution in [0.1, 0.15) is 15.9 Å². The van der Waals surface area contributed by atoms with Crippen LogP contribution in [-0.4, -0.2) is 55.0 Å². The standard InChI is InChI=1S/C20H23BrClN3O/c21-17-6-7-19(22)18(14-17)20(26)23-8-9-24-10-12-25(13-11-24)15-16-4-2-1-3-5-16/h1-7,14H,8-13,15H2,(H,23,26). The van der Waals surface area contributed by atoms with E-state index in [0.29, 0.717) is 17.1 Å². The molecule has 1 fully saturated rings. The van der Waals surface area contributed by atoms with Crippen LogP contribution in [-0.2, 0) is 6.54 Å². The molecule has 4 nitrogen and oxygen atoms in total. The molecular weight excluding hydrogens is 414 g/mol. The quantitative estimate of drug-likeness (QED) is 0.751. The van der Waals surface area contributed by atoms with E-state index in [0.717, 1.165) is 43.7 Å². The number of hydrogen-bond acceptors (Lipinski definition) is 3. The third-order valence-electron chi connectivity index (χ3n) is 4.60. The molecule has 0 radical (unpaired) electrons. The second-order valence-electron chi connectivity index (χ2n) is 6.48. The van der Waals surface area contributed by atoms with Gasteiger partial charge in [0.05, 0.1) is 10.6 Å². The lowest BCUT2D eigenvalue weighted by molar-refractivity contribution is 0.0934. The Hall–Kier alpha value is -1.40. The van der Waals surface area contributed by atoms with Gasteiger partial charge in [0.1, 0.15) is 0 Å². The zero-order valence-electron chi connectivity index (χ0n) is 14.6. The molecule has 2 aromatic carbocycles. The molecule has 138 valence electrons. The van der Waals surface area contributed by atoms with Crippen LogP contribution in [0.25, 0.3) is 0 Å². The minimum absolute atomic E-state index is 0.126. The highest BCUT2D eigenvalue weighted by Gasteiger charge is 2.17. The fraction of sp³-hybridized carbons (Fsp3) is 0.350. The van der Waals surface area contributed by atoms with Gasteiger partial charge in [-0.2, -0.15) is 0 Å². The molecule has 0 aliphatic carbocycles. The van der Waals surface area contributed by atoms with Gasteiger partial charge < -0.3 is 5.32 Å². The van der Waals surface area contributed by atoms with Gasteiger partial charge >= 0.3 is 0 Å². The van der Waals surface area contributed by atoms with E-state index >= 15 is 0 Å². The highest BCUT2D eigenvalue weighted by atomic mass is 79.9. The molecule has 26 heavy (non-hydrogen) atoms. The number of carbonyl (C=O) groups is 1. The molecule has 0 aromatic heterocycles. The number of benzene rings is 2. The summed E-state index contributed by atoms with van der Waals surface area (Å²) in [5.41, 5.74) is 1.87. The molecule has 0 saturated carbocycles. The highest BCUT2D eigenvalue weighted by Crippen LogP contribution is 2.20. The number of amides is 1. The van der Waals surface area contributed by atoms with Gasteiger partial charge in [-0.15, -0.1) is 0 Å². The van der Waals surface area contributed by atoms with E-state index in [9.17, 15) is 4.79 Å². The van der Waals surface area contributed by atoms with Crippen molar-refractivity contribution in [2.24, 2.45) is 0 Å². The van der Waals surface area contributed by atoms with Gasteiger partial charge in [-0.25, -0.2) is 0 Å². The molecule has 1 heterocycles. The maximum absolute atomic E-state index is 12.3. The number of hydrogen-bond donors (Lipinski definition) is 1. The van der Waals surface area contributed by atoms with Crippen LogP contribution in [0.2, 0.25) is 5.02 Å².